The SMILES string of the molecule is CC(CCNC(=O)Cc1cc(=O)[nH]c(=O)[nH]1)C(=O)O. The highest BCUT2D eigenvalue weighted by Gasteiger charge is 2.11. The number of aliphatic carboxylic acids is 1. The Morgan fingerprint density at radius 2 is 2.05 bits per heavy atom. The summed E-state index contributed by atoms with van der Waals surface area (Å²) < 4.78 is 0. The van der Waals surface area contributed by atoms with Crippen LogP contribution in [0.25, 0.3) is 0 Å². The second kappa shape index (κ2) is 6.53. The van der Waals surface area contributed by atoms with Gasteiger partial charge >= 0.3 is 11.7 Å². The average Bonchev–Trinajstić information content (AvgIpc) is 2.26. The van der Waals surface area contributed by atoms with Crippen molar-refractivity contribution < 1.29 is 14.7 Å². The van der Waals surface area contributed by atoms with Crippen molar-refractivity contribution >= 4 is 11.9 Å². The summed E-state index contributed by atoms with van der Waals surface area (Å²) in [5.74, 6) is -1.85. The lowest BCUT2D eigenvalue weighted by atomic mass is 10.1. The quantitative estimate of drug-likeness (QED) is 0.516. The number of hydrogen-bond donors (Lipinski definition) is 4. The third-order valence-corrected chi connectivity index (χ3v) is 2.49. The Kier molecular flexibility index (Phi) is 5.04. The average molecular weight is 269 g/mol. The van der Waals surface area contributed by atoms with Crippen LogP contribution >= 0.6 is 0 Å². The molecule has 0 aliphatic heterocycles. The van der Waals surface area contributed by atoms with Crippen LogP contribution in [-0.4, -0.2) is 33.5 Å². The van der Waals surface area contributed by atoms with E-state index in [-0.39, 0.29) is 24.6 Å². The molecule has 0 bridgehead atoms. The van der Waals surface area contributed by atoms with Crippen LogP contribution in [0.15, 0.2) is 15.7 Å². The van der Waals surface area contributed by atoms with E-state index in [0.29, 0.717) is 6.42 Å². The molecule has 1 unspecified atom stereocenters. The monoisotopic (exact) mass is 269 g/mol. The molecule has 0 fully saturated rings. The van der Waals surface area contributed by atoms with E-state index in [2.05, 4.69) is 10.3 Å². The molecule has 19 heavy (non-hydrogen) atoms. The Morgan fingerprint density at radius 3 is 2.63 bits per heavy atom. The van der Waals surface area contributed by atoms with Crippen LogP contribution in [0.2, 0.25) is 0 Å². The van der Waals surface area contributed by atoms with Gasteiger partial charge in [0, 0.05) is 18.3 Å². The summed E-state index contributed by atoms with van der Waals surface area (Å²) >= 11 is 0. The lowest BCUT2D eigenvalue weighted by molar-refractivity contribution is -0.141. The van der Waals surface area contributed by atoms with Crippen molar-refractivity contribution in [1.82, 2.24) is 15.3 Å². The molecule has 4 N–H and O–H groups in total. The number of carbonyl (C=O) groups is 2. The van der Waals surface area contributed by atoms with E-state index in [1.807, 2.05) is 4.98 Å². The normalized spacial score (nSPS) is 11.8. The van der Waals surface area contributed by atoms with Gasteiger partial charge in [0.2, 0.25) is 5.91 Å². The Balaban J connectivity index is 2.45. The van der Waals surface area contributed by atoms with E-state index in [4.69, 9.17) is 5.11 Å². The van der Waals surface area contributed by atoms with Gasteiger partial charge in [0.1, 0.15) is 0 Å². The van der Waals surface area contributed by atoms with E-state index >= 15 is 0 Å². The molecule has 0 aliphatic rings. The Morgan fingerprint density at radius 1 is 1.37 bits per heavy atom. The molecule has 104 valence electrons. The van der Waals surface area contributed by atoms with E-state index in [0.717, 1.165) is 6.07 Å². The first-order valence-electron chi connectivity index (χ1n) is 5.70. The second-order valence-corrected chi connectivity index (χ2v) is 4.17. The van der Waals surface area contributed by atoms with Crippen molar-refractivity contribution in [3.63, 3.8) is 0 Å². The zero-order chi connectivity index (χ0) is 14.4. The highest BCUT2D eigenvalue weighted by Crippen LogP contribution is 1.99. The van der Waals surface area contributed by atoms with Crippen molar-refractivity contribution in [2.45, 2.75) is 19.8 Å². The summed E-state index contributed by atoms with van der Waals surface area (Å²) in [5, 5.41) is 11.2. The van der Waals surface area contributed by atoms with Gasteiger partial charge in [-0.25, -0.2) is 4.79 Å². The molecule has 0 radical (unpaired) electrons. The predicted octanol–water partition coefficient (Wildman–Crippen LogP) is -1.17. The van der Waals surface area contributed by atoms with Gasteiger partial charge in [0.15, 0.2) is 0 Å². The van der Waals surface area contributed by atoms with Crippen molar-refractivity contribution in [3.05, 3.63) is 32.6 Å². The summed E-state index contributed by atoms with van der Waals surface area (Å²) in [5.41, 5.74) is -1.04. The number of H-pyrrole nitrogens is 2. The molecule has 0 saturated heterocycles. The van der Waals surface area contributed by atoms with E-state index in [1.54, 1.807) is 6.92 Å². The Bertz CT molecular complexity index is 546. The minimum Gasteiger partial charge on any atom is -0.481 e. The van der Waals surface area contributed by atoms with Crippen molar-refractivity contribution in [3.8, 4) is 0 Å². The first kappa shape index (κ1) is 14.7. The molecule has 8 nitrogen and oxygen atoms in total. The zero-order valence-electron chi connectivity index (χ0n) is 10.4. The van der Waals surface area contributed by atoms with Gasteiger partial charge in [-0.15, -0.1) is 0 Å². The molecular formula is C11H15N3O5. The Labute approximate surface area is 107 Å². The fraction of sp³-hybridized carbons (Fsp3) is 0.455. The van der Waals surface area contributed by atoms with Gasteiger partial charge in [-0.3, -0.25) is 19.4 Å². The first-order chi connectivity index (χ1) is 8.88. The molecule has 0 aliphatic carbocycles. The number of amides is 1. The van der Waals surface area contributed by atoms with Gasteiger partial charge < -0.3 is 15.4 Å². The fourth-order valence-corrected chi connectivity index (χ4v) is 1.40. The molecule has 0 aromatic carbocycles. The maximum absolute atomic E-state index is 11.5. The molecule has 1 aromatic heterocycles. The molecule has 1 rings (SSSR count). The molecule has 1 amide bonds. The lowest BCUT2D eigenvalue weighted by Crippen LogP contribution is -2.30. The van der Waals surface area contributed by atoms with Crippen LogP contribution in [0.1, 0.15) is 19.0 Å². The van der Waals surface area contributed by atoms with Gasteiger partial charge in [0.05, 0.1) is 12.3 Å². The van der Waals surface area contributed by atoms with Crippen LogP contribution in [0.4, 0.5) is 0 Å². The number of carboxylic acid groups (broad SMARTS) is 1. The molecule has 8 heteroatoms. The van der Waals surface area contributed by atoms with Crippen LogP contribution in [0, 0.1) is 5.92 Å². The molecule has 1 heterocycles. The fourth-order valence-electron chi connectivity index (χ4n) is 1.40. The maximum atomic E-state index is 11.5. The zero-order valence-corrected chi connectivity index (χ0v) is 10.4. The maximum Gasteiger partial charge on any atom is 0.325 e. The molecule has 1 atom stereocenters. The summed E-state index contributed by atoms with van der Waals surface area (Å²) in [4.78, 5) is 48.3. The third-order valence-electron chi connectivity index (χ3n) is 2.49. The minimum atomic E-state index is -0.923. The smallest absolute Gasteiger partial charge is 0.325 e. The van der Waals surface area contributed by atoms with E-state index in [9.17, 15) is 19.2 Å². The van der Waals surface area contributed by atoms with Crippen LogP contribution in [0.5, 0.6) is 0 Å². The summed E-state index contributed by atoms with van der Waals surface area (Å²) in [7, 11) is 0. The lowest BCUT2D eigenvalue weighted by Gasteiger charge is -2.07. The highest BCUT2D eigenvalue weighted by atomic mass is 16.4. The highest BCUT2D eigenvalue weighted by molar-refractivity contribution is 5.78. The topological polar surface area (TPSA) is 132 Å². The largest absolute Gasteiger partial charge is 0.481 e. The van der Waals surface area contributed by atoms with E-state index < -0.39 is 23.1 Å². The number of rotatable bonds is 6. The van der Waals surface area contributed by atoms with Gasteiger partial charge in [-0.1, -0.05) is 6.92 Å². The van der Waals surface area contributed by atoms with Crippen LogP contribution < -0.4 is 16.6 Å². The number of nitrogens with one attached hydrogen (secondary N) is 3. The van der Waals surface area contributed by atoms with Gasteiger partial charge in [-0.2, -0.15) is 0 Å². The third kappa shape index (κ3) is 5.19. The molecule has 1 aromatic rings. The van der Waals surface area contributed by atoms with Gasteiger partial charge in [-0.05, 0) is 6.42 Å². The summed E-state index contributed by atoms with van der Waals surface area (Å²) in [6.45, 7) is 1.77. The van der Waals surface area contributed by atoms with Crippen LogP contribution in [-0.2, 0) is 16.0 Å². The van der Waals surface area contributed by atoms with Crippen molar-refractivity contribution in [2.75, 3.05) is 6.54 Å². The van der Waals surface area contributed by atoms with Crippen molar-refractivity contribution in [2.24, 2.45) is 5.92 Å². The van der Waals surface area contributed by atoms with Gasteiger partial charge in [0.25, 0.3) is 5.56 Å². The standard InChI is InChI=1S/C11H15N3O5/c1-6(10(17)18)2-3-12-8(15)4-7-5-9(16)14-11(19)13-7/h5-6H,2-4H2,1H3,(H,12,15)(H,17,18)(H2,13,14,16,19). The van der Waals surface area contributed by atoms with Crippen LogP contribution in [0.3, 0.4) is 0 Å². The van der Waals surface area contributed by atoms with Crippen molar-refractivity contribution in [1.29, 1.82) is 0 Å². The minimum absolute atomic E-state index is 0.138. The first-order valence-corrected chi connectivity index (χ1v) is 5.70. The van der Waals surface area contributed by atoms with E-state index in [1.165, 1.54) is 0 Å². The number of aromatic amines is 2. The Hall–Kier alpha value is -2.38. The number of carbonyl (C=O) groups excluding carboxylic acids is 1. The predicted molar refractivity (Wildman–Crippen MR) is 65.8 cm³/mol. The number of carboxylic acids is 1. The summed E-state index contributed by atoms with van der Waals surface area (Å²) in [6, 6.07) is 1.13. The number of aromatic nitrogens is 2. The number of hydrogen-bond acceptors (Lipinski definition) is 4. The second-order valence-electron chi connectivity index (χ2n) is 4.17. The summed E-state index contributed by atoms with van der Waals surface area (Å²) in [6.07, 6.45) is 0.174. The molecular weight excluding hydrogens is 254 g/mol. The molecule has 0 saturated carbocycles. The molecule has 0 spiro atoms.